The van der Waals surface area contributed by atoms with Crippen LogP contribution in [0, 0.1) is 0 Å². The van der Waals surface area contributed by atoms with Gasteiger partial charge < -0.3 is 44.8 Å². The predicted octanol–water partition coefficient (Wildman–Crippen LogP) is -1.63. The summed E-state index contributed by atoms with van der Waals surface area (Å²) in [5.41, 5.74) is -0.328. The van der Waals surface area contributed by atoms with Crippen molar-refractivity contribution in [1.82, 2.24) is 0 Å². The second kappa shape index (κ2) is 7.11. The van der Waals surface area contributed by atoms with E-state index < -0.39 is 54.1 Å². The summed E-state index contributed by atoms with van der Waals surface area (Å²) in [5, 5.41) is 57.2. The third kappa shape index (κ3) is 3.58. The Hall–Kier alpha value is -2.60. The van der Waals surface area contributed by atoms with Gasteiger partial charge in [-0.25, -0.2) is 9.59 Å². The SMILES string of the molecule is COc1cc(C(=O)O)cc(OC2OC(C(=O)O)C(O)C(O)C2O)c1O. The summed E-state index contributed by atoms with van der Waals surface area (Å²) in [6.07, 6.45) is -9.41. The Morgan fingerprint density at radius 3 is 2.16 bits per heavy atom. The fourth-order valence-corrected chi connectivity index (χ4v) is 2.23. The number of carboxylic acid groups (broad SMARTS) is 2. The Balaban J connectivity index is 2.35. The van der Waals surface area contributed by atoms with E-state index in [0.29, 0.717) is 0 Å². The number of benzene rings is 1. The molecule has 0 radical (unpaired) electrons. The minimum Gasteiger partial charge on any atom is -0.502 e. The first-order valence-electron chi connectivity index (χ1n) is 6.90. The van der Waals surface area contributed by atoms with Gasteiger partial charge in [0.2, 0.25) is 12.0 Å². The van der Waals surface area contributed by atoms with Crippen molar-refractivity contribution >= 4 is 11.9 Å². The molecule has 11 nitrogen and oxygen atoms in total. The van der Waals surface area contributed by atoms with Crippen molar-refractivity contribution in [3.63, 3.8) is 0 Å². The van der Waals surface area contributed by atoms with Gasteiger partial charge in [0.1, 0.15) is 18.3 Å². The van der Waals surface area contributed by atoms with Crippen LogP contribution in [0.15, 0.2) is 12.1 Å². The lowest BCUT2D eigenvalue weighted by atomic mass is 9.99. The van der Waals surface area contributed by atoms with E-state index in [-0.39, 0.29) is 11.3 Å². The molecule has 1 aromatic carbocycles. The molecule has 6 N–H and O–H groups in total. The Morgan fingerprint density at radius 1 is 1.04 bits per heavy atom. The zero-order valence-corrected chi connectivity index (χ0v) is 12.8. The number of methoxy groups -OCH3 is 1. The van der Waals surface area contributed by atoms with E-state index in [0.717, 1.165) is 19.2 Å². The third-order valence-corrected chi connectivity index (χ3v) is 3.56. The number of aromatic hydroxyl groups is 1. The summed E-state index contributed by atoms with van der Waals surface area (Å²) >= 11 is 0. The number of phenols is 1. The van der Waals surface area contributed by atoms with Crippen molar-refractivity contribution in [3.05, 3.63) is 17.7 Å². The van der Waals surface area contributed by atoms with Gasteiger partial charge in [0.25, 0.3) is 0 Å². The number of hydrogen-bond donors (Lipinski definition) is 6. The lowest BCUT2D eigenvalue weighted by Crippen LogP contribution is -2.61. The first-order valence-corrected chi connectivity index (χ1v) is 6.90. The highest BCUT2D eigenvalue weighted by molar-refractivity contribution is 5.89. The van der Waals surface area contributed by atoms with Gasteiger partial charge in [-0.15, -0.1) is 0 Å². The Bertz CT molecular complexity index is 673. The van der Waals surface area contributed by atoms with Crippen LogP contribution < -0.4 is 9.47 Å². The molecule has 138 valence electrons. The minimum atomic E-state index is -1.92. The van der Waals surface area contributed by atoms with E-state index in [9.17, 15) is 30.0 Å². The van der Waals surface area contributed by atoms with Crippen LogP contribution in [0.4, 0.5) is 0 Å². The van der Waals surface area contributed by atoms with Crippen molar-refractivity contribution < 1.29 is 54.4 Å². The van der Waals surface area contributed by atoms with Crippen LogP contribution in [0.25, 0.3) is 0 Å². The van der Waals surface area contributed by atoms with E-state index in [1.54, 1.807) is 0 Å². The molecule has 0 bridgehead atoms. The summed E-state index contributed by atoms with van der Waals surface area (Å²) in [5.74, 6) is -4.36. The molecule has 11 heteroatoms. The Labute approximate surface area is 140 Å². The highest BCUT2D eigenvalue weighted by Gasteiger charge is 2.48. The fourth-order valence-electron chi connectivity index (χ4n) is 2.23. The monoisotopic (exact) mass is 360 g/mol. The third-order valence-electron chi connectivity index (χ3n) is 3.56. The standard InChI is InChI=1S/C14H16O11/c1-23-5-2-4(12(19)20)3-6(7(5)15)24-14-10(18)8(16)9(17)11(25-14)13(21)22/h2-3,8-11,14-18H,1H3,(H,19,20)(H,21,22). The predicted molar refractivity (Wildman–Crippen MR) is 76.6 cm³/mol. The number of aromatic carboxylic acids is 1. The van der Waals surface area contributed by atoms with E-state index in [4.69, 9.17) is 24.4 Å². The Morgan fingerprint density at radius 2 is 1.64 bits per heavy atom. The lowest BCUT2D eigenvalue weighted by Gasteiger charge is -2.38. The molecule has 5 atom stereocenters. The largest absolute Gasteiger partial charge is 0.502 e. The maximum absolute atomic E-state index is 11.1. The number of aliphatic hydroxyl groups excluding tert-OH is 3. The molecule has 0 amide bonds. The van der Waals surface area contributed by atoms with Crippen LogP contribution in [-0.2, 0) is 9.53 Å². The first-order chi connectivity index (χ1) is 11.7. The number of aliphatic carboxylic acids is 1. The molecule has 1 aliphatic heterocycles. The molecule has 2 rings (SSSR count). The second-order valence-electron chi connectivity index (χ2n) is 5.18. The lowest BCUT2D eigenvalue weighted by molar-refractivity contribution is -0.271. The van der Waals surface area contributed by atoms with Crippen molar-refractivity contribution in [2.45, 2.75) is 30.7 Å². The molecular weight excluding hydrogens is 344 g/mol. The molecule has 0 saturated carbocycles. The quantitative estimate of drug-likeness (QED) is 0.354. The zero-order chi connectivity index (χ0) is 18.9. The van der Waals surface area contributed by atoms with Crippen molar-refractivity contribution in [2.75, 3.05) is 7.11 Å². The van der Waals surface area contributed by atoms with Gasteiger partial charge >= 0.3 is 11.9 Å². The van der Waals surface area contributed by atoms with Crippen LogP contribution in [0.1, 0.15) is 10.4 Å². The van der Waals surface area contributed by atoms with Crippen LogP contribution in [0.2, 0.25) is 0 Å². The van der Waals surface area contributed by atoms with Gasteiger partial charge in [-0.2, -0.15) is 0 Å². The highest BCUT2D eigenvalue weighted by Crippen LogP contribution is 2.39. The van der Waals surface area contributed by atoms with Crippen molar-refractivity contribution in [1.29, 1.82) is 0 Å². The molecule has 0 aromatic heterocycles. The number of carbonyl (C=O) groups is 2. The summed E-state index contributed by atoms with van der Waals surface area (Å²) in [4.78, 5) is 22.1. The first kappa shape index (κ1) is 18.7. The number of phenolic OH excluding ortho intramolecular Hbond substituents is 1. The average Bonchev–Trinajstić information content (AvgIpc) is 2.56. The number of carboxylic acids is 2. The van der Waals surface area contributed by atoms with E-state index >= 15 is 0 Å². The molecule has 5 unspecified atom stereocenters. The molecule has 0 spiro atoms. The fraction of sp³-hybridized carbons (Fsp3) is 0.429. The van der Waals surface area contributed by atoms with Crippen molar-refractivity contribution in [3.8, 4) is 17.2 Å². The Kier molecular flexibility index (Phi) is 5.33. The normalized spacial score (nSPS) is 29.0. The van der Waals surface area contributed by atoms with Crippen LogP contribution in [0.3, 0.4) is 0 Å². The second-order valence-corrected chi connectivity index (χ2v) is 5.18. The number of aliphatic hydroxyl groups is 3. The van der Waals surface area contributed by atoms with Gasteiger partial charge in [-0.05, 0) is 12.1 Å². The van der Waals surface area contributed by atoms with Gasteiger partial charge in [-0.1, -0.05) is 0 Å². The van der Waals surface area contributed by atoms with Gasteiger partial charge in [-0.3, -0.25) is 0 Å². The minimum absolute atomic E-state index is 0.254. The van der Waals surface area contributed by atoms with E-state index in [1.807, 2.05) is 0 Å². The molecule has 1 aromatic rings. The molecule has 1 heterocycles. The zero-order valence-electron chi connectivity index (χ0n) is 12.8. The molecule has 1 saturated heterocycles. The maximum atomic E-state index is 11.1. The smallest absolute Gasteiger partial charge is 0.335 e. The van der Waals surface area contributed by atoms with Crippen LogP contribution in [0.5, 0.6) is 17.2 Å². The maximum Gasteiger partial charge on any atom is 0.335 e. The molecular formula is C14H16O11. The van der Waals surface area contributed by atoms with Gasteiger partial charge in [0, 0.05) is 0 Å². The van der Waals surface area contributed by atoms with Crippen molar-refractivity contribution in [2.24, 2.45) is 0 Å². The highest BCUT2D eigenvalue weighted by atomic mass is 16.7. The van der Waals surface area contributed by atoms with E-state index in [1.165, 1.54) is 0 Å². The number of rotatable bonds is 5. The average molecular weight is 360 g/mol. The summed E-state index contributed by atoms with van der Waals surface area (Å²) < 4.78 is 14.8. The topological polar surface area (TPSA) is 183 Å². The summed E-state index contributed by atoms with van der Waals surface area (Å²) in [6, 6.07) is 1.91. The molecule has 1 aliphatic rings. The summed E-state index contributed by atoms with van der Waals surface area (Å²) in [7, 11) is 1.16. The van der Waals surface area contributed by atoms with Gasteiger partial charge in [0.15, 0.2) is 17.6 Å². The van der Waals surface area contributed by atoms with Gasteiger partial charge in [0.05, 0.1) is 12.7 Å². The number of hydrogen-bond acceptors (Lipinski definition) is 9. The molecule has 1 fully saturated rings. The number of ether oxygens (including phenoxy) is 3. The van der Waals surface area contributed by atoms with Crippen LogP contribution >= 0.6 is 0 Å². The summed E-state index contributed by atoms with van der Waals surface area (Å²) in [6.45, 7) is 0. The van der Waals surface area contributed by atoms with Crippen LogP contribution in [-0.4, -0.2) is 80.4 Å². The molecule has 0 aliphatic carbocycles. The molecule has 25 heavy (non-hydrogen) atoms. The van der Waals surface area contributed by atoms with E-state index in [2.05, 4.69) is 0 Å².